The maximum Gasteiger partial charge on any atom is 0.291 e. The van der Waals surface area contributed by atoms with Gasteiger partial charge in [-0.2, -0.15) is 0 Å². The van der Waals surface area contributed by atoms with Gasteiger partial charge in [0.2, 0.25) is 17.7 Å². The third kappa shape index (κ3) is 8.01. The fraction of sp³-hybridized carbons (Fsp3) is 0.389. The molecule has 13 nitrogen and oxygen atoms in total. The fourth-order valence-corrected chi connectivity index (χ4v) is 6.99. The molecule has 5 heterocycles. The molecule has 3 N–H and O–H groups in total. The van der Waals surface area contributed by atoms with Crippen molar-refractivity contribution in [1.29, 1.82) is 0 Å². The van der Waals surface area contributed by atoms with Crippen LogP contribution in [0.1, 0.15) is 46.8 Å². The number of fused-ring (bicyclic) bond motifs is 1. The van der Waals surface area contributed by atoms with Crippen LogP contribution in [-0.2, 0) is 36.1 Å². The van der Waals surface area contributed by atoms with Crippen molar-refractivity contribution in [2.75, 3.05) is 46.2 Å². The SMILES string of the molecule is COc1nc(-c2ccnc(-c3cccc(NC(=O)c4nc5c(n4C)CCN(CCC(=O)N(C)C)C5)c3Cl)c2Cl)ccc1CNC[C@H]1CCC(=O)N1. The number of methoxy groups -OCH3 is 1. The van der Waals surface area contributed by atoms with Gasteiger partial charge in [0.15, 0.2) is 5.82 Å². The van der Waals surface area contributed by atoms with Crippen LogP contribution in [-0.4, -0.2) is 93.9 Å². The fourth-order valence-electron chi connectivity index (χ4n) is 6.41. The summed E-state index contributed by atoms with van der Waals surface area (Å²) in [7, 11) is 6.91. The number of benzene rings is 1. The number of carbonyl (C=O) groups excluding carboxylic acids is 3. The zero-order valence-corrected chi connectivity index (χ0v) is 30.6. The van der Waals surface area contributed by atoms with Crippen LogP contribution < -0.4 is 20.7 Å². The van der Waals surface area contributed by atoms with Gasteiger partial charge < -0.3 is 30.2 Å². The molecule has 2 aliphatic rings. The Labute approximate surface area is 306 Å². The first-order valence-electron chi connectivity index (χ1n) is 16.8. The average Bonchev–Trinajstić information content (AvgIpc) is 3.69. The van der Waals surface area contributed by atoms with Crippen molar-refractivity contribution in [3.63, 3.8) is 0 Å². The number of rotatable bonds is 12. The number of amides is 3. The van der Waals surface area contributed by atoms with E-state index in [1.807, 2.05) is 23.7 Å². The zero-order chi connectivity index (χ0) is 36.2. The first-order valence-corrected chi connectivity index (χ1v) is 17.6. The quantitative estimate of drug-likeness (QED) is 0.194. The van der Waals surface area contributed by atoms with Gasteiger partial charge in [0.05, 0.1) is 39.9 Å². The molecule has 0 aliphatic carbocycles. The van der Waals surface area contributed by atoms with Crippen molar-refractivity contribution in [2.24, 2.45) is 7.05 Å². The normalized spacial score (nSPS) is 15.7. The Balaban J connectivity index is 1.17. The molecule has 0 radical (unpaired) electrons. The van der Waals surface area contributed by atoms with E-state index in [9.17, 15) is 14.4 Å². The molecule has 0 unspecified atom stereocenters. The van der Waals surface area contributed by atoms with Crippen molar-refractivity contribution in [2.45, 2.75) is 44.8 Å². The number of imidazole rings is 1. The predicted octanol–water partition coefficient (Wildman–Crippen LogP) is 4.32. The number of hydrogen-bond donors (Lipinski definition) is 3. The molecular formula is C36H41Cl2N9O4. The zero-order valence-electron chi connectivity index (χ0n) is 29.1. The summed E-state index contributed by atoms with van der Waals surface area (Å²) in [5.74, 6) is 0.491. The van der Waals surface area contributed by atoms with Crippen molar-refractivity contribution in [1.82, 2.24) is 40.0 Å². The highest BCUT2D eigenvalue weighted by Gasteiger charge is 2.27. The van der Waals surface area contributed by atoms with Crippen LogP contribution in [0.2, 0.25) is 10.0 Å². The average molecular weight is 735 g/mol. The summed E-state index contributed by atoms with van der Waals surface area (Å²) in [6.07, 6.45) is 4.16. The maximum absolute atomic E-state index is 13.6. The Morgan fingerprint density at radius 3 is 2.65 bits per heavy atom. The Kier molecular flexibility index (Phi) is 11.2. The highest BCUT2D eigenvalue weighted by Crippen LogP contribution is 2.40. The van der Waals surface area contributed by atoms with Crippen LogP contribution in [0.5, 0.6) is 5.88 Å². The van der Waals surface area contributed by atoms with Crippen LogP contribution in [0, 0.1) is 0 Å². The second-order valence-electron chi connectivity index (χ2n) is 12.9. The standard InChI is InChI=1S/C36H41Cl2N9O4/c1-45(2)30(49)14-17-47-16-13-28-27(20-47)42-34(46(28)3)35(50)43-26-7-5-6-24(31(26)37)33-32(38)23(12-15-40-33)25-10-8-21(36(44-25)51-4)18-39-19-22-9-11-29(48)41-22/h5-8,10,12,15,22,39H,9,11,13-14,16-20H2,1-4H3,(H,41,48)(H,43,50)/t22-/m1/s1. The van der Waals surface area contributed by atoms with E-state index in [1.54, 1.807) is 56.6 Å². The Morgan fingerprint density at radius 2 is 1.90 bits per heavy atom. The molecule has 0 bridgehead atoms. The number of ether oxygens (including phenoxy) is 1. The van der Waals surface area contributed by atoms with E-state index in [1.165, 1.54) is 0 Å². The molecule has 3 aromatic heterocycles. The second-order valence-corrected chi connectivity index (χ2v) is 13.6. The number of aromatic nitrogens is 4. The molecule has 3 amide bonds. The van der Waals surface area contributed by atoms with E-state index in [0.29, 0.717) is 78.1 Å². The maximum atomic E-state index is 13.6. The largest absolute Gasteiger partial charge is 0.481 e. The lowest BCUT2D eigenvalue weighted by molar-refractivity contribution is -0.129. The molecule has 2 aliphatic heterocycles. The number of carbonyl (C=O) groups is 3. The van der Waals surface area contributed by atoms with Crippen molar-refractivity contribution < 1.29 is 19.1 Å². The minimum absolute atomic E-state index is 0.0767. The lowest BCUT2D eigenvalue weighted by Gasteiger charge is -2.26. The monoisotopic (exact) mass is 733 g/mol. The molecule has 1 saturated heterocycles. The summed E-state index contributed by atoms with van der Waals surface area (Å²) in [5.41, 5.74) is 5.28. The number of nitrogens with zero attached hydrogens (tertiary/aromatic N) is 6. The van der Waals surface area contributed by atoms with Gasteiger partial charge in [0, 0.05) is 108 Å². The summed E-state index contributed by atoms with van der Waals surface area (Å²) in [4.78, 5) is 54.9. The molecule has 0 spiro atoms. The number of anilines is 1. The summed E-state index contributed by atoms with van der Waals surface area (Å²) in [5, 5.41) is 9.87. The van der Waals surface area contributed by atoms with Crippen molar-refractivity contribution >= 4 is 46.6 Å². The topological polar surface area (TPSA) is 147 Å². The number of nitrogens with one attached hydrogen (secondary N) is 3. The van der Waals surface area contributed by atoms with E-state index in [4.69, 9.17) is 32.9 Å². The molecule has 4 aromatic rings. The molecule has 6 rings (SSSR count). The first-order chi connectivity index (χ1) is 24.5. The first kappa shape index (κ1) is 36.2. The predicted molar refractivity (Wildman–Crippen MR) is 196 cm³/mol. The molecule has 268 valence electrons. The summed E-state index contributed by atoms with van der Waals surface area (Å²) >= 11 is 13.9. The van der Waals surface area contributed by atoms with Gasteiger partial charge in [-0.15, -0.1) is 0 Å². The van der Waals surface area contributed by atoms with Crippen LogP contribution in [0.15, 0.2) is 42.6 Å². The van der Waals surface area contributed by atoms with E-state index in [2.05, 4.69) is 30.8 Å². The Hall–Kier alpha value is -4.56. The van der Waals surface area contributed by atoms with Gasteiger partial charge in [-0.05, 0) is 24.6 Å². The molecular weight excluding hydrogens is 693 g/mol. The highest BCUT2D eigenvalue weighted by atomic mass is 35.5. The van der Waals surface area contributed by atoms with Gasteiger partial charge in [0.25, 0.3) is 5.91 Å². The van der Waals surface area contributed by atoms with Gasteiger partial charge in [-0.1, -0.05) is 41.4 Å². The van der Waals surface area contributed by atoms with Gasteiger partial charge in [-0.3, -0.25) is 24.3 Å². The molecule has 15 heteroatoms. The smallest absolute Gasteiger partial charge is 0.291 e. The number of pyridine rings is 2. The van der Waals surface area contributed by atoms with Crippen LogP contribution in [0.25, 0.3) is 22.5 Å². The lowest BCUT2D eigenvalue weighted by atomic mass is 10.1. The van der Waals surface area contributed by atoms with Crippen molar-refractivity contribution in [3.8, 4) is 28.4 Å². The minimum atomic E-state index is -0.396. The van der Waals surface area contributed by atoms with Gasteiger partial charge >= 0.3 is 0 Å². The summed E-state index contributed by atoms with van der Waals surface area (Å²) in [6, 6.07) is 11.0. The second kappa shape index (κ2) is 15.8. The molecule has 1 atom stereocenters. The van der Waals surface area contributed by atoms with Crippen LogP contribution in [0.4, 0.5) is 5.69 Å². The minimum Gasteiger partial charge on any atom is -0.481 e. The Morgan fingerprint density at radius 1 is 1.08 bits per heavy atom. The van der Waals surface area contributed by atoms with Gasteiger partial charge in [-0.25, -0.2) is 9.97 Å². The molecule has 1 aromatic carbocycles. The Bertz CT molecular complexity index is 1960. The van der Waals surface area contributed by atoms with Crippen LogP contribution in [0.3, 0.4) is 0 Å². The molecule has 1 fully saturated rings. The van der Waals surface area contributed by atoms with Gasteiger partial charge in [0.1, 0.15) is 0 Å². The molecule has 51 heavy (non-hydrogen) atoms. The van der Waals surface area contributed by atoms with E-state index in [0.717, 1.165) is 36.3 Å². The lowest BCUT2D eigenvalue weighted by Crippen LogP contribution is -2.35. The van der Waals surface area contributed by atoms with Crippen LogP contribution >= 0.6 is 23.2 Å². The van der Waals surface area contributed by atoms with Crippen molar-refractivity contribution in [3.05, 3.63) is 75.4 Å². The summed E-state index contributed by atoms with van der Waals surface area (Å²) < 4.78 is 7.44. The molecule has 0 saturated carbocycles. The number of halogens is 2. The third-order valence-corrected chi connectivity index (χ3v) is 10.1. The number of hydrogen-bond acceptors (Lipinski definition) is 9. The third-order valence-electron chi connectivity index (χ3n) is 9.27. The highest BCUT2D eigenvalue weighted by molar-refractivity contribution is 6.39. The summed E-state index contributed by atoms with van der Waals surface area (Å²) in [6.45, 7) is 3.15. The van der Waals surface area contributed by atoms with E-state index >= 15 is 0 Å². The van der Waals surface area contributed by atoms with E-state index < -0.39 is 5.91 Å². The van der Waals surface area contributed by atoms with E-state index in [-0.39, 0.29) is 28.7 Å².